The van der Waals surface area contributed by atoms with E-state index in [9.17, 15) is 4.79 Å². The lowest BCUT2D eigenvalue weighted by Gasteiger charge is -2.19. The number of nitrogens with zero attached hydrogens (tertiary/aromatic N) is 2. The highest BCUT2D eigenvalue weighted by atomic mass is 127. The summed E-state index contributed by atoms with van der Waals surface area (Å²) in [7, 11) is 3.44. The lowest BCUT2D eigenvalue weighted by molar-refractivity contribution is -0.127. The van der Waals surface area contributed by atoms with E-state index in [0.29, 0.717) is 12.5 Å². The van der Waals surface area contributed by atoms with Crippen molar-refractivity contribution in [2.45, 2.75) is 13.0 Å². The molecule has 0 aromatic heterocycles. The first-order chi connectivity index (χ1) is 11.9. The molecule has 9 heteroatoms. The molecule has 1 aromatic carbocycles. The number of guanidine groups is 1. The smallest absolute Gasteiger partial charge is 0.243 e. The number of amides is 1. The van der Waals surface area contributed by atoms with Crippen molar-refractivity contribution in [1.82, 2.24) is 15.5 Å². The second-order valence-electron chi connectivity index (χ2n) is 5.61. The van der Waals surface area contributed by atoms with Gasteiger partial charge in [-0.15, -0.1) is 24.0 Å². The van der Waals surface area contributed by atoms with Crippen molar-refractivity contribution in [2.75, 3.05) is 45.7 Å². The van der Waals surface area contributed by atoms with Crippen LogP contribution in [0.3, 0.4) is 0 Å². The molecule has 0 spiro atoms. The third-order valence-corrected chi connectivity index (χ3v) is 4.46. The minimum atomic E-state index is -0.0594. The lowest BCUT2D eigenvalue weighted by atomic mass is 10.3. The van der Waals surface area contributed by atoms with Crippen LogP contribution in [0.25, 0.3) is 0 Å². The number of likely N-dealkylation sites (N-methyl/N-ethyl adjacent to an activating group) is 1. The number of nitrogens with one attached hydrogen (secondary N) is 2. The number of ether oxygens (including phenoxy) is 1. The van der Waals surface area contributed by atoms with Crippen molar-refractivity contribution in [3.63, 3.8) is 0 Å². The van der Waals surface area contributed by atoms with E-state index in [1.807, 2.05) is 31.2 Å². The van der Waals surface area contributed by atoms with E-state index in [1.54, 1.807) is 25.9 Å². The van der Waals surface area contributed by atoms with Crippen LogP contribution >= 0.6 is 51.7 Å². The quantitative estimate of drug-likeness (QED) is 0.211. The third kappa shape index (κ3) is 10.5. The Morgan fingerprint density at radius 1 is 1.35 bits per heavy atom. The molecule has 2 N–H and O–H groups in total. The Kier molecular flexibility index (Phi) is 14.0. The Balaban J connectivity index is 0.00000625. The van der Waals surface area contributed by atoms with Crippen LogP contribution in [0.2, 0.25) is 0 Å². The fourth-order valence-corrected chi connectivity index (χ4v) is 2.46. The normalized spacial score (nSPS) is 12.0. The number of para-hydroxylation sites is 1. The highest BCUT2D eigenvalue weighted by molar-refractivity contribution is 14.0. The molecule has 1 aromatic rings. The summed E-state index contributed by atoms with van der Waals surface area (Å²) < 4.78 is 6.84. The molecule has 1 rings (SSSR count). The van der Waals surface area contributed by atoms with Gasteiger partial charge in [0.2, 0.25) is 5.91 Å². The molecule has 0 fully saturated rings. The second kappa shape index (κ2) is 14.4. The summed E-state index contributed by atoms with van der Waals surface area (Å²) in [5.74, 6) is 2.34. The van der Waals surface area contributed by atoms with Gasteiger partial charge in [0.1, 0.15) is 18.4 Å². The lowest BCUT2D eigenvalue weighted by Crippen LogP contribution is -2.43. The maximum absolute atomic E-state index is 11.7. The SMILES string of the molecule is CSCCNC(=NCC(=O)N(C)C)NCC(C)Oc1ccccc1Br.I. The van der Waals surface area contributed by atoms with Crippen LogP contribution in [0.5, 0.6) is 5.75 Å². The fourth-order valence-electron chi connectivity index (χ4n) is 1.77. The zero-order valence-corrected chi connectivity index (χ0v) is 20.4. The number of hydrogen-bond donors (Lipinski definition) is 2. The van der Waals surface area contributed by atoms with Crippen molar-refractivity contribution in [3.8, 4) is 5.75 Å². The maximum atomic E-state index is 11.7. The van der Waals surface area contributed by atoms with Gasteiger partial charge in [-0.1, -0.05) is 12.1 Å². The van der Waals surface area contributed by atoms with E-state index in [0.717, 1.165) is 22.5 Å². The molecular weight excluding hydrogens is 531 g/mol. The van der Waals surface area contributed by atoms with Crippen LogP contribution in [0.1, 0.15) is 6.92 Å². The monoisotopic (exact) mass is 558 g/mol. The fraction of sp³-hybridized carbons (Fsp3) is 0.529. The average molecular weight is 559 g/mol. The molecule has 0 saturated heterocycles. The van der Waals surface area contributed by atoms with Crippen LogP contribution in [-0.2, 0) is 4.79 Å². The van der Waals surface area contributed by atoms with Gasteiger partial charge in [-0.2, -0.15) is 11.8 Å². The standard InChI is InChI=1S/C17H27BrN4O2S.HI/c1-13(24-15-8-6-5-7-14(15)18)11-20-17(19-9-10-25-4)21-12-16(23)22(2)3;/h5-8,13H,9-12H2,1-4H3,(H2,19,20,21);1H. The van der Waals surface area contributed by atoms with Crippen LogP contribution in [0, 0.1) is 0 Å². The van der Waals surface area contributed by atoms with Crippen molar-refractivity contribution in [1.29, 1.82) is 0 Å². The largest absolute Gasteiger partial charge is 0.488 e. The number of carbonyl (C=O) groups is 1. The summed E-state index contributed by atoms with van der Waals surface area (Å²) in [6.07, 6.45) is 1.99. The molecule has 1 amide bonds. The van der Waals surface area contributed by atoms with Crippen LogP contribution in [-0.4, -0.2) is 68.6 Å². The van der Waals surface area contributed by atoms with E-state index in [-0.39, 0.29) is 42.5 Å². The first kappa shape index (κ1) is 25.3. The minimum Gasteiger partial charge on any atom is -0.488 e. The number of thioether (sulfide) groups is 1. The predicted octanol–water partition coefficient (Wildman–Crippen LogP) is 2.82. The van der Waals surface area contributed by atoms with Crippen LogP contribution in [0.4, 0.5) is 0 Å². The van der Waals surface area contributed by atoms with Crippen molar-refractivity contribution >= 4 is 63.5 Å². The highest BCUT2D eigenvalue weighted by Gasteiger charge is 2.09. The van der Waals surface area contributed by atoms with Gasteiger partial charge in [-0.05, 0) is 41.2 Å². The minimum absolute atomic E-state index is 0. The molecule has 0 heterocycles. The summed E-state index contributed by atoms with van der Waals surface area (Å²) in [6.45, 7) is 3.45. The van der Waals surface area contributed by atoms with Crippen molar-refractivity contribution in [3.05, 3.63) is 28.7 Å². The summed E-state index contributed by atoms with van der Waals surface area (Å²) in [5, 5.41) is 6.46. The van der Waals surface area contributed by atoms with Gasteiger partial charge in [0.05, 0.1) is 11.0 Å². The Morgan fingerprint density at radius 2 is 2.04 bits per heavy atom. The molecule has 1 unspecified atom stereocenters. The number of halogens is 2. The molecule has 0 aliphatic carbocycles. The van der Waals surface area contributed by atoms with Crippen LogP contribution in [0.15, 0.2) is 33.7 Å². The van der Waals surface area contributed by atoms with E-state index in [2.05, 4.69) is 37.8 Å². The van der Waals surface area contributed by atoms with Gasteiger partial charge >= 0.3 is 0 Å². The van der Waals surface area contributed by atoms with Gasteiger partial charge in [-0.3, -0.25) is 4.79 Å². The molecule has 0 aliphatic rings. The van der Waals surface area contributed by atoms with E-state index in [4.69, 9.17) is 4.74 Å². The summed E-state index contributed by atoms with van der Waals surface area (Å²) in [4.78, 5) is 17.6. The zero-order chi connectivity index (χ0) is 18.7. The highest BCUT2D eigenvalue weighted by Crippen LogP contribution is 2.24. The predicted molar refractivity (Wildman–Crippen MR) is 125 cm³/mol. The first-order valence-corrected chi connectivity index (χ1v) is 10.2. The van der Waals surface area contributed by atoms with Crippen molar-refractivity contribution in [2.24, 2.45) is 4.99 Å². The number of benzene rings is 1. The molecule has 0 aliphatic heterocycles. The molecule has 1 atom stereocenters. The number of hydrogen-bond acceptors (Lipinski definition) is 4. The number of aliphatic imine (C=N–C) groups is 1. The molecule has 0 radical (unpaired) electrons. The Hall–Kier alpha value is -0.680. The summed E-state index contributed by atoms with van der Waals surface area (Å²) >= 11 is 5.23. The van der Waals surface area contributed by atoms with Crippen molar-refractivity contribution < 1.29 is 9.53 Å². The van der Waals surface area contributed by atoms with Crippen LogP contribution < -0.4 is 15.4 Å². The Bertz CT molecular complexity index is 575. The summed E-state index contributed by atoms with van der Waals surface area (Å²) in [5.41, 5.74) is 0. The second-order valence-corrected chi connectivity index (χ2v) is 7.45. The van der Waals surface area contributed by atoms with Gasteiger partial charge < -0.3 is 20.3 Å². The van der Waals surface area contributed by atoms with Gasteiger partial charge in [0.25, 0.3) is 0 Å². The number of rotatable bonds is 9. The topological polar surface area (TPSA) is 66.0 Å². The molecule has 148 valence electrons. The molecule has 0 saturated carbocycles. The maximum Gasteiger partial charge on any atom is 0.243 e. The average Bonchev–Trinajstić information content (AvgIpc) is 2.58. The van der Waals surface area contributed by atoms with Gasteiger partial charge in [0, 0.05) is 26.4 Å². The Labute approximate surface area is 186 Å². The number of carbonyl (C=O) groups excluding carboxylic acids is 1. The molecule has 26 heavy (non-hydrogen) atoms. The Morgan fingerprint density at radius 3 is 2.65 bits per heavy atom. The molecule has 0 bridgehead atoms. The summed E-state index contributed by atoms with van der Waals surface area (Å²) in [6, 6.07) is 7.74. The first-order valence-electron chi connectivity index (χ1n) is 8.06. The molecular formula is C17H28BrIN4O2S. The molecule has 6 nitrogen and oxygen atoms in total. The van der Waals surface area contributed by atoms with Gasteiger partial charge in [0.15, 0.2) is 5.96 Å². The van der Waals surface area contributed by atoms with Gasteiger partial charge in [-0.25, -0.2) is 4.99 Å². The van der Waals surface area contributed by atoms with E-state index < -0.39 is 0 Å². The van der Waals surface area contributed by atoms with E-state index in [1.165, 1.54) is 4.90 Å². The zero-order valence-electron chi connectivity index (χ0n) is 15.6. The van der Waals surface area contributed by atoms with E-state index >= 15 is 0 Å². The third-order valence-electron chi connectivity index (χ3n) is 3.19.